The van der Waals surface area contributed by atoms with Gasteiger partial charge in [-0.05, 0) is 29.9 Å². The molecule has 0 bridgehead atoms. The van der Waals surface area contributed by atoms with Crippen LogP contribution in [0, 0.1) is 5.92 Å². The van der Waals surface area contributed by atoms with E-state index >= 15 is 0 Å². The molecule has 0 atom stereocenters. The number of hydrogen-bond donors (Lipinski definition) is 2. The summed E-state index contributed by atoms with van der Waals surface area (Å²) in [6, 6.07) is 8.44. The molecule has 0 aliphatic heterocycles. The van der Waals surface area contributed by atoms with Crippen LogP contribution in [0.3, 0.4) is 0 Å². The molecule has 1 saturated carbocycles. The van der Waals surface area contributed by atoms with Crippen molar-refractivity contribution in [3.8, 4) is 0 Å². The standard InChI is InChI=1S/C15H23N3O/c1-16-15(17-9-12-3-4-12)18-10-13-5-7-14(8-6-13)11-19-2/h5-8,12H,3-4,9-11H2,1-2H3,(H2,16,17,18). The number of hydrogen-bond acceptors (Lipinski definition) is 2. The average Bonchev–Trinajstić information content (AvgIpc) is 3.25. The number of aliphatic imine (C=N–C) groups is 1. The first kappa shape index (κ1) is 13.9. The molecule has 0 heterocycles. The number of ether oxygens (including phenoxy) is 1. The predicted molar refractivity (Wildman–Crippen MR) is 78.1 cm³/mol. The van der Waals surface area contributed by atoms with Gasteiger partial charge in [0.15, 0.2) is 5.96 Å². The molecule has 104 valence electrons. The van der Waals surface area contributed by atoms with E-state index in [2.05, 4.69) is 39.9 Å². The van der Waals surface area contributed by atoms with Crippen molar-refractivity contribution in [3.05, 3.63) is 35.4 Å². The van der Waals surface area contributed by atoms with Gasteiger partial charge in [-0.2, -0.15) is 0 Å². The van der Waals surface area contributed by atoms with Gasteiger partial charge in [-0.3, -0.25) is 4.99 Å². The van der Waals surface area contributed by atoms with Crippen molar-refractivity contribution in [2.45, 2.75) is 26.0 Å². The van der Waals surface area contributed by atoms with Gasteiger partial charge in [0.1, 0.15) is 0 Å². The average molecular weight is 261 g/mol. The first-order valence-corrected chi connectivity index (χ1v) is 6.83. The molecule has 1 aliphatic carbocycles. The van der Waals surface area contributed by atoms with Crippen LogP contribution in [0.1, 0.15) is 24.0 Å². The van der Waals surface area contributed by atoms with E-state index in [4.69, 9.17) is 4.74 Å². The van der Waals surface area contributed by atoms with Gasteiger partial charge in [0.25, 0.3) is 0 Å². The molecule has 0 radical (unpaired) electrons. The normalized spacial score (nSPS) is 15.4. The molecule has 1 aromatic carbocycles. The van der Waals surface area contributed by atoms with Crippen LogP contribution in [0.5, 0.6) is 0 Å². The molecule has 4 nitrogen and oxygen atoms in total. The zero-order valence-corrected chi connectivity index (χ0v) is 11.8. The van der Waals surface area contributed by atoms with Crippen molar-refractivity contribution in [2.75, 3.05) is 20.7 Å². The summed E-state index contributed by atoms with van der Waals surface area (Å²) in [4.78, 5) is 4.22. The second-order valence-electron chi connectivity index (χ2n) is 5.00. The minimum absolute atomic E-state index is 0.665. The Kier molecular flexibility index (Phi) is 5.21. The number of nitrogens with one attached hydrogen (secondary N) is 2. The lowest BCUT2D eigenvalue weighted by Gasteiger charge is -2.11. The topological polar surface area (TPSA) is 45.7 Å². The smallest absolute Gasteiger partial charge is 0.191 e. The highest BCUT2D eigenvalue weighted by atomic mass is 16.5. The first-order chi connectivity index (χ1) is 9.31. The molecule has 0 aromatic heterocycles. The second kappa shape index (κ2) is 7.14. The van der Waals surface area contributed by atoms with Crippen LogP contribution in [0.4, 0.5) is 0 Å². The Morgan fingerprint density at radius 3 is 2.47 bits per heavy atom. The van der Waals surface area contributed by atoms with Gasteiger partial charge < -0.3 is 15.4 Å². The number of rotatable bonds is 6. The van der Waals surface area contributed by atoms with Crippen LogP contribution in [0.15, 0.2) is 29.3 Å². The molecule has 1 fully saturated rings. The maximum absolute atomic E-state index is 5.10. The number of nitrogens with zero attached hydrogens (tertiary/aromatic N) is 1. The molecule has 0 saturated heterocycles. The molecule has 2 N–H and O–H groups in total. The van der Waals surface area contributed by atoms with E-state index in [0.717, 1.165) is 25.0 Å². The third-order valence-electron chi connectivity index (χ3n) is 3.27. The minimum atomic E-state index is 0.665. The summed E-state index contributed by atoms with van der Waals surface area (Å²) in [7, 11) is 3.52. The Bertz CT molecular complexity index is 410. The van der Waals surface area contributed by atoms with Crippen LogP contribution in [0.25, 0.3) is 0 Å². The summed E-state index contributed by atoms with van der Waals surface area (Å²) >= 11 is 0. The number of benzene rings is 1. The van der Waals surface area contributed by atoms with Crippen molar-refractivity contribution >= 4 is 5.96 Å². The van der Waals surface area contributed by atoms with Gasteiger partial charge in [-0.15, -0.1) is 0 Å². The maximum atomic E-state index is 5.10. The molecule has 0 amide bonds. The first-order valence-electron chi connectivity index (χ1n) is 6.83. The van der Waals surface area contributed by atoms with Gasteiger partial charge in [0.05, 0.1) is 6.61 Å². The monoisotopic (exact) mass is 261 g/mol. The van der Waals surface area contributed by atoms with Crippen LogP contribution in [-0.2, 0) is 17.9 Å². The van der Waals surface area contributed by atoms with E-state index in [0.29, 0.717) is 6.61 Å². The second-order valence-corrected chi connectivity index (χ2v) is 5.00. The minimum Gasteiger partial charge on any atom is -0.380 e. The SMILES string of the molecule is CN=C(NCc1ccc(COC)cc1)NCC1CC1. The Labute approximate surface area is 115 Å². The zero-order valence-electron chi connectivity index (χ0n) is 11.8. The van der Waals surface area contributed by atoms with Crippen molar-refractivity contribution in [1.82, 2.24) is 10.6 Å². The largest absolute Gasteiger partial charge is 0.380 e. The zero-order chi connectivity index (χ0) is 13.5. The van der Waals surface area contributed by atoms with Gasteiger partial charge >= 0.3 is 0 Å². The summed E-state index contributed by atoms with van der Waals surface area (Å²) in [5.74, 6) is 1.74. The van der Waals surface area contributed by atoms with Crippen LogP contribution in [0.2, 0.25) is 0 Å². The molecular formula is C15H23N3O. The molecular weight excluding hydrogens is 238 g/mol. The van der Waals surface area contributed by atoms with E-state index in [1.165, 1.54) is 24.0 Å². The van der Waals surface area contributed by atoms with Crippen LogP contribution in [-0.4, -0.2) is 26.7 Å². The third kappa shape index (κ3) is 4.91. The Morgan fingerprint density at radius 2 is 1.89 bits per heavy atom. The molecule has 4 heteroatoms. The summed E-state index contributed by atoms with van der Waals surface area (Å²) in [6.07, 6.45) is 2.70. The highest BCUT2D eigenvalue weighted by Crippen LogP contribution is 2.27. The summed E-state index contributed by atoms with van der Waals surface area (Å²) in [6.45, 7) is 2.49. The van der Waals surface area contributed by atoms with E-state index < -0.39 is 0 Å². The van der Waals surface area contributed by atoms with Gasteiger partial charge in [-0.25, -0.2) is 0 Å². The summed E-state index contributed by atoms with van der Waals surface area (Å²) < 4.78 is 5.10. The fourth-order valence-corrected chi connectivity index (χ4v) is 1.89. The molecule has 0 unspecified atom stereocenters. The van der Waals surface area contributed by atoms with Crippen molar-refractivity contribution in [2.24, 2.45) is 10.9 Å². The fourth-order valence-electron chi connectivity index (χ4n) is 1.89. The van der Waals surface area contributed by atoms with Gasteiger partial charge in [-0.1, -0.05) is 24.3 Å². The highest BCUT2D eigenvalue weighted by Gasteiger charge is 2.20. The van der Waals surface area contributed by atoms with E-state index in [1.54, 1.807) is 7.11 Å². The van der Waals surface area contributed by atoms with Crippen molar-refractivity contribution < 1.29 is 4.74 Å². The quantitative estimate of drug-likeness (QED) is 0.607. The highest BCUT2D eigenvalue weighted by molar-refractivity contribution is 5.79. The third-order valence-corrected chi connectivity index (χ3v) is 3.27. The van der Waals surface area contributed by atoms with E-state index in [9.17, 15) is 0 Å². The molecule has 1 aromatic rings. The fraction of sp³-hybridized carbons (Fsp3) is 0.533. The Morgan fingerprint density at radius 1 is 1.21 bits per heavy atom. The summed E-state index contributed by atoms with van der Waals surface area (Å²) in [5.41, 5.74) is 2.44. The predicted octanol–water partition coefficient (Wildman–Crippen LogP) is 1.91. The lowest BCUT2D eigenvalue weighted by Crippen LogP contribution is -2.37. The lowest BCUT2D eigenvalue weighted by atomic mass is 10.1. The number of methoxy groups -OCH3 is 1. The van der Waals surface area contributed by atoms with Crippen LogP contribution < -0.4 is 10.6 Å². The number of guanidine groups is 1. The van der Waals surface area contributed by atoms with E-state index in [-0.39, 0.29) is 0 Å². The lowest BCUT2D eigenvalue weighted by molar-refractivity contribution is 0.185. The van der Waals surface area contributed by atoms with Crippen molar-refractivity contribution in [3.63, 3.8) is 0 Å². The Balaban J connectivity index is 1.75. The van der Waals surface area contributed by atoms with Gasteiger partial charge in [0.2, 0.25) is 0 Å². The van der Waals surface area contributed by atoms with Crippen molar-refractivity contribution in [1.29, 1.82) is 0 Å². The van der Waals surface area contributed by atoms with E-state index in [1.807, 2.05) is 7.05 Å². The molecule has 0 spiro atoms. The summed E-state index contributed by atoms with van der Waals surface area (Å²) in [5, 5.41) is 6.68. The van der Waals surface area contributed by atoms with Crippen LogP contribution >= 0.6 is 0 Å². The molecule has 19 heavy (non-hydrogen) atoms. The molecule has 2 rings (SSSR count). The van der Waals surface area contributed by atoms with Gasteiger partial charge in [0, 0.05) is 27.2 Å². The Hall–Kier alpha value is -1.55. The molecule has 1 aliphatic rings. The maximum Gasteiger partial charge on any atom is 0.191 e.